The van der Waals surface area contributed by atoms with Crippen molar-refractivity contribution in [3.63, 3.8) is 0 Å². The zero-order valence-corrected chi connectivity index (χ0v) is 9.55. The summed E-state index contributed by atoms with van der Waals surface area (Å²) < 4.78 is 4.70. The van der Waals surface area contributed by atoms with Gasteiger partial charge in [-0.1, -0.05) is 26.7 Å². The van der Waals surface area contributed by atoms with E-state index in [9.17, 15) is 14.7 Å². The largest absolute Gasteiger partial charge is 0.478 e. The van der Waals surface area contributed by atoms with E-state index in [1.807, 2.05) is 13.8 Å². The summed E-state index contributed by atoms with van der Waals surface area (Å²) in [6.07, 6.45) is 2.44. The second kappa shape index (κ2) is 7.87. The quantitative estimate of drug-likeness (QED) is 0.503. The first-order valence-electron chi connectivity index (χ1n) is 5.27. The van der Waals surface area contributed by atoms with Crippen molar-refractivity contribution in [1.82, 2.24) is 0 Å². The van der Waals surface area contributed by atoms with Crippen LogP contribution in [0.5, 0.6) is 0 Å². The van der Waals surface area contributed by atoms with Gasteiger partial charge < -0.3 is 14.9 Å². The Bertz CT molecular complexity index is 255. The lowest BCUT2D eigenvalue weighted by atomic mass is 9.97. The molecule has 0 heterocycles. The number of rotatable bonds is 7. The van der Waals surface area contributed by atoms with Gasteiger partial charge in [0.1, 0.15) is 6.61 Å². The van der Waals surface area contributed by atoms with Crippen molar-refractivity contribution in [3.05, 3.63) is 12.2 Å². The van der Waals surface area contributed by atoms with E-state index in [1.165, 1.54) is 0 Å². The number of hydrogen-bond acceptors (Lipinski definition) is 4. The van der Waals surface area contributed by atoms with E-state index in [4.69, 9.17) is 9.84 Å². The number of hydrogen-bond donors (Lipinski definition) is 2. The summed E-state index contributed by atoms with van der Waals surface area (Å²) in [4.78, 5) is 21.1. The van der Waals surface area contributed by atoms with E-state index in [0.29, 0.717) is 6.08 Å². The first-order valence-corrected chi connectivity index (χ1v) is 5.27. The Morgan fingerprint density at radius 3 is 2.25 bits per heavy atom. The second-order valence-corrected chi connectivity index (χ2v) is 3.45. The molecule has 1 atom stereocenters. The van der Waals surface area contributed by atoms with Crippen molar-refractivity contribution in [2.75, 3.05) is 6.61 Å². The molecular weight excluding hydrogens is 212 g/mol. The first kappa shape index (κ1) is 14.6. The highest BCUT2D eigenvalue weighted by atomic mass is 16.5. The third-order valence-corrected chi connectivity index (χ3v) is 2.35. The minimum absolute atomic E-state index is 0.0938. The van der Waals surface area contributed by atoms with Gasteiger partial charge in [-0.15, -0.1) is 0 Å². The molecule has 1 unspecified atom stereocenters. The SMILES string of the molecule is CCC(CC)C(O)COC(=O)/C=C/C(=O)O. The summed E-state index contributed by atoms with van der Waals surface area (Å²) in [7, 11) is 0. The van der Waals surface area contributed by atoms with Gasteiger partial charge in [-0.2, -0.15) is 0 Å². The molecule has 0 bridgehead atoms. The second-order valence-electron chi connectivity index (χ2n) is 3.45. The number of esters is 1. The van der Waals surface area contributed by atoms with Crippen molar-refractivity contribution < 1.29 is 24.5 Å². The summed E-state index contributed by atoms with van der Waals surface area (Å²) >= 11 is 0. The van der Waals surface area contributed by atoms with Gasteiger partial charge >= 0.3 is 11.9 Å². The maximum Gasteiger partial charge on any atom is 0.331 e. The van der Waals surface area contributed by atoms with Crippen LogP contribution in [-0.2, 0) is 14.3 Å². The van der Waals surface area contributed by atoms with Gasteiger partial charge in [0.2, 0.25) is 0 Å². The van der Waals surface area contributed by atoms with E-state index in [2.05, 4.69) is 0 Å². The van der Waals surface area contributed by atoms with Gasteiger partial charge in [-0.25, -0.2) is 9.59 Å². The summed E-state index contributed by atoms with van der Waals surface area (Å²) in [5.74, 6) is -1.87. The summed E-state index contributed by atoms with van der Waals surface area (Å²) in [6, 6.07) is 0. The van der Waals surface area contributed by atoms with Crippen molar-refractivity contribution in [2.45, 2.75) is 32.8 Å². The number of carbonyl (C=O) groups is 2. The maximum absolute atomic E-state index is 11.0. The average Bonchev–Trinajstić information content (AvgIpc) is 2.25. The first-order chi connectivity index (χ1) is 7.51. The molecule has 0 spiro atoms. The van der Waals surface area contributed by atoms with Gasteiger partial charge in [-0.3, -0.25) is 0 Å². The van der Waals surface area contributed by atoms with E-state index >= 15 is 0 Å². The molecule has 0 radical (unpaired) electrons. The fourth-order valence-corrected chi connectivity index (χ4v) is 1.32. The summed E-state index contributed by atoms with van der Waals surface area (Å²) in [5.41, 5.74) is 0. The molecule has 0 aromatic rings. The monoisotopic (exact) mass is 230 g/mol. The predicted molar refractivity (Wildman–Crippen MR) is 57.8 cm³/mol. The van der Waals surface area contributed by atoms with Crippen LogP contribution < -0.4 is 0 Å². The van der Waals surface area contributed by atoms with Gasteiger partial charge in [0, 0.05) is 12.2 Å². The zero-order valence-electron chi connectivity index (χ0n) is 9.55. The normalized spacial score (nSPS) is 13.0. The topological polar surface area (TPSA) is 83.8 Å². The Morgan fingerprint density at radius 1 is 1.25 bits per heavy atom. The number of carboxylic acid groups (broad SMARTS) is 1. The van der Waals surface area contributed by atoms with Crippen LogP contribution in [0, 0.1) is 5.92 Å². The minimum atomic E-state index is -1.21. The Kier molecular flexibility index (Phi) is 7.20. The van der Waals surface area contributed by atoms with Crippen LogP contribution >= 0.6 is 0 Å². The van der Waals surface area contributed by atoms with Crippen LogP contribution in [0.1, 0.15) is 26.7 Å². The molecule has 0 aliphatic carbocycles. The van der Waals surface area contributed by atoms with Crippen LogP contribution in [0.4, 0.5) is 0 Å². The molecular formula is C11H18O5. The molecule has 0 rings (SSSR count). The molecule has 0 saturated heterocycles. The maximum atomic E-state index is 11.0. The third-order valence-electron chi connectivity index (χ3n) is 2.35. The van der Waals surface area contributed by atoms with E-state index in [0.717, 1.165) is 18.9 Å². The predicted octanol–water partition coefficient (Wildman–Crippen LogP) is 0.967. The zero-order chi connectivity index (χ0) is 12.6. The van der Waals surface area contributed by atoms with E-state index in [1.54, 1.807) is 0 Å². The van der Waals surface area contributed by atoms with Crippen molar-refractivity contribution in [2.24, 2.45) is 5.92 Å². The van der Waals surface area contributed by atoms with Gasteiger partial charge in [0.05, 0.1) is 6.10 Å². The third kappa shape index (κ3) is 6.19. The number of aliphatic hydroxyl groups is 1. The van der Waals surface area contributed by atoms with Crippen molar-refractivity contribution >= 4 is 11.9 Å². The highest BCUT2D eigenvalue weighted by Crippen LogP contribution is 2.13. The summed E-state index contributed by atoms with van der Waals surface area (Å²) in [6.45, 7) is 3.79. The lowest BCUT2D eigenvalue weighted by Crippen LogP contribution is -2.26. The van der Waals surface area contributed by atoms with Gasteiger partial charge in [-0.05, 0) is 5.92 Å². The Hall–Kier alpha value is -1.36. The van der Waals surface area contributed by atoms with E-state index in [-0.39, 0.29) is 12.5 Å². The fourth-order valence-electron chi connectivity index (χ4n) is 1.32. The number of carbonyl (C=O) groups excluding carboxylic acids is 1. The molecule has 0 amide bonds. The molecule has 92 valence electrons. The van der Waals surface area contributed by atoms with Gasteiger partial charge in [0.15, 0.2) is 0 Å². The molecule has 0 aliphatic heterocycles. The number of aliphatic hydroxyl groups excluding tert-OH is 1. The average molecular weight is 230 g/mol. The highest BCUT2D eigenvalue weighted by Gasteiger charge is 2.16. The molecule has 5 nitrogen and oxygen atoms in total. The van der Waals surface area contributed by atoms with Crippen LogP contribution in [0.25, 0.3) is 0 Å². The van der Waals surface area contributed by atoms with Crippen LogP contribution in [0.2, 0.25) is 0 Å². The van der Waals surface area contributed by atoms with Crippen LogP contribution in [0.3, 0.4) is 0 Å². The van der Waals surface area contributed by atoms with E-state index < -0.39 is 18.0 Å². The Labute approximate surface area is 94.7 Å². The minimum Gasteiger partial charge on any atom is -0.478 e. The number of carboxylic acids is 1. The summed E-state index contributed by atoms with van der Waals surface area (Å²) in [5, 5.41) is 17.9. The standard InChI is InChI=1S/C11H18O5/c1-3-8(4-2)9(12)7-16-11(15)6-5-10(13)14/h5-6,8-9,12H,3-4,7H2,1-2H3,(H,13,14)/b6-5+. The fraction of sp³-hybridized carbons (Fsp3) is 0.636. The molecule has 0 saturated carbocycles. The van der Waals surface area contributed by atoms with Crippen LogP contribution in [0.15, 0.2) is 12.2 Å². The molecule has 0 aromatic heterocycles. The highest BCUT2D eigenvalue weighted by molar-refractivity contribution is 5.90. The lowest BCUT2D eigenvalue weighted by molar-refractivity contribution is -0.142. The molecule has 0 aromatic carbocycles. The number of ether oxygens (including phenoxy) is 1. The molecule has 0 aliphatic rings. The lowest BCUT2D eigenvalue weighted by Gasteiger charge is -2.19. The molecule has 16 heavy (non-hydrogen) atoms. The molecule has 5 heteroatoms. The van der Waals surface area contributed by atoms with Crippen molar-refractivity contribution in [1.29, 1.82) is 0 Å². The Balaban J connectivity index is 3.95. The molecule has 0 fully saturated rings. The van der Waals surface area contributed by atoms with Gasteiger partial charge in [0.25, 0.3) is 0 Å². The van der Waals surface area contributed by atoms with Crippen molar-refractivity contribution in [3.8, 4) is 0 Å². The number of aliphatic carboxylic acids is 1. The Morgan fingerprint density at radius 2 is 1.81 bits per heavy atom. The molecule has 2 N–H and O–H groups in total. The smallest absolute Gasteiger partial charge is 0.331 e. The van der Waals surface area contributed by atoms with Crippen LogP contribution in [-0.4, -0.2) is 34.9 Å².